The fourth-order valence-electron chi connectivity index (χ4n) is 2.99. The van der Waals surface area contributed by atoms with Crippen LogP contribution in [0.2, 0.25) is 0 Å². The van der Waals surface area contributed by atoms with E-state index in [4.69, 9.17) is 9.47 Å². The number of carbonyl (C=O) groups is 2. The Hall–Kier alpha value is -3.68. The molecule has 168 valence electrons. The van der Waals surface area contributed by atoms with Gasteiger partial charge in [0.05, 0.1) is 18.8 Å². The van der Waals surface area contributed by atoms with Crippen molar-refractivity contribution in [2.75, 3.05) is 13.2 Å². The van der Waals surface area contributed by atoms with Crippen molar-refractivity contribution in [2.24, 2.45) is 0 Å². The van der Waals surface area contributed by atoms with Crippen molar-refractivity contribution < 1.29 is 33.0 Å². The lowest BCUT2D eigenvalue weighted by Crippen LogP contribution is -2.49. The number of rotatable bonds is 9. The molecule has 0 saturated heterocycles. The summed E-state index contributed by atoms with van der Waals surface area (Å²) in [5.41, 5.74) is -1.66. The minimum Gasteiger partial charge on any atom is -0.493 e. The van der Waals surface area contributed by atoms with Crippen LogP contribution in [0.15, 0.2) is 54.6 Å². The first-order valence-electron chi connectivity index (χ1n) is 9.97. The zero-order valence-corrected chi connectivity index (χ0v) is 17.7. The number of carbonyl (C=O) groups excluding carboxylic acids is 1. The van der Waals surface area contributed by atoms with Gasteiger partial charge in [0.1, 0.15) is 28.7 Å². The first-order valence-corrected chi connectivity index (χ1v) is 9.97. The van der Waals surface area contributed by atoms with Gasteiger partial charge < -0.3 is 19.9 Å². The third-order valence-corrected chi connectivity index (χ3v) is 4.77. The van der Waals surface area contributed by atoms with Gasteiger partial charge in [0, 0.05) is 17.2 Å². The predicted octanol–water partition coefficient (Wildman–Crippen LogP) is 4.56. The summed E-state index contributed by atoms with van der Waals surface area (Å²) in [6.45, 7) is 3.09. The van der Waals surface area contributed by atoms with Gasteiger partial charge in [0.25, 0.3) is 5.91 Å². The lowest BCUT2D eigenvalue weighted by molar-refractivity contribution is -0.143. The van der Waals surface area contributed by atoms with Crippen LogP contribution in [0, 0.1) is 11.6 Å². The van der Waals surface area contributed by atoms with Crippen LogP contribution in [-0.2, 0) is 4.79 Å². The number of carboxylic acids is 1. The van der Waals surface area contributed by atoms with Crippen molar-refractivity contribution >= 4 is 22.6 Å². The molecule has 3 aromatic rings. The predicted molar refractivity (Wildman–Crippen MR) is 115 cm³/mol. The highest BCUT2D eigenvalue weighted by molar-refractivity contribution is 6.05. The first-order chi connectivity index (χ1) is 15.2. The van der Waals surface area contributed by atoms with Crippen molar-refractivity contribution in [1.29, 1.82) is 0 Å². The van der Waals surface area contributed by atoms with Crippen molar-refractivity contribution in [3.8, 4) is 11.5 Å². The van der Waals surface area contributed by atoms with Crippen molar-refractivity contribution in [3.63, 3.8) is 0 Å². The van der Waals surface area contributed by atoms with Crippen molar-refractivity contribution in [1.82, 2.24) is 5.32 Å². The fraction of sp³-hybridized carbons (Fsp3) is 0.250. The van der Waals surface area contributed by atoms with E-state index in [2.05, 4.69) is 5.32 Å². The Bertz CT molecular complexity index is 1130. The van der Waals surface area contributed by atoms with E-state index in [9.17, 15) is 23.5 Å². The Kier molecular flexibility index (Phi) is 6.92. The summed E-state index contributed by atoms with van der Waals surface area (Å²) < 4.78 is 39.0. The van der Waals surface area contributed by atoms with Crippen LogP contribution >= 0.6 is 0 Å². The molecule has 6 nitrogen and oxygen atoms in total. The maximum absolute atomic E-state index is 14.6. The van der Waals surface area contributed by atoms with Crippen LogP contribution in [0.25, 0.3) is 10.8 Å². The highest BCUT2D eigenvalue weighted by atomic mass is 19.1. The van der Waals surface area contributed by atoms with Crippen LogP contribution in [0.3, 0.4) is 0 Å². The molecule has 0 radical (unpaired) electrons. The third kappa shape index (κ3) is 5.32. The van der Waals surface area contributed by atoms with E-state index in [1.54, 1.807) is 24.3 Å². The SMILES string of the molecule is CC(C)(NC(=O)c1cc(F)c2ccccc2c1OCCCOc1ccc(F)cc1)C(=O)O. The van der Waals surface area contributed by atoms with Crippen LogP contribution in [0.1, 0.15) is 30.6 Å². The van der Waals surface area contributed by atoms with Crippen LogP contribution < -0.4 is 14.8 Å². The highest BCUT2D eigenvalue weighted by Crippen LogP contribution is 2.32. The summed E-state index contributed by atoms with van der Waals surface area (Å²) in [4.78, 5) is 24.2. The van der Waals surface area contributed by atoms with Gasteiger partial charge in [-0.1, -0.05) is 24.3 Å². The fourth-order valence-corrected chi connectivity index (χ4v) is 2.99. The molecule has 0 fully saturated rings. The number of nitrogens with one attached hydrogen (secondary N) is 1. The molecule has 2 N–H and O–H groups in total. The number of benzene rings is 3. The maximum atomic E-state index is 14.6. The van der Waals surface area contributed by atoms with E-state index in [1.807, 2.05) is 0 Å². The molecule has 8 heteroatoms. The molecular weight excluding hydrogens is 420 g/mol. The van der Waals surface area contributed by atoms with Gasteiger partial charge >= 0.3 is 5.97 Å². The van der Waals surface area contributed by atoms with E-state index in [0.29, 0.717) is 17.6 Å². The Balaban J connectivity index is 1.78. The summed E-state index contributed by atoms with van der Waals surface area (Å²) in [6, 6.07) is 13.2. The molecule has 0 atom stereocenters. The molecule has 0 aliphatic heterocycles. The van der Waals surface area contributed by atoms with Gasteiger partial charge in [-0.2, -0.15) is 0 Å². The van der Waals surface area contributed by atoms with Crippen LogP contribution in [0.5, 0.6) is 11.5 Å². The number of amides is 1. The molecular formula is C24H23F2NO5. The van der Waals surface area contributed by atoms with Gasteiger partial charge in [0.15, 0.2) is 0 Å². The average Bonchev–Trinajstić information content (AvgIpc) is 2.75. The van der Waals surface area contributed by atoms with Gasteiger partial charge in [-0.3, -0.25) is 4.79 Å². The standard InChI is InChI=1S/C24H23F2NO5/c1-24(2,23(29)30)27-22(28)19-14-20(26)17-6-3-4-7-18(17)21(19)32-13-5-12-31-16-10-8-15(25)9-11-16/h3-4,6-11,14H,5,12-13H2,1-2H3,(H,27,28)(H,29,30). The molecule has 0 spiro atoms. The second kappa shape index (κ2) is 9.64. The number of fused-ring (bicyclic) bond motifs is 1. The summed E-state index contributed by atoms with van der Waals surface area (Å²) in [5.74, 6) is -2.31. The van der Waals surface area contributed by atoms with Gasteiger partial charge in [0.2, 0.25) is 0 Å². The molecule has 0 aliphatic carbocycles. The molecule has 0 aliphatic rings. The van der Waals surface area contributed by atoms with Crippen LogP contribution in [0.4, 0.5) is 8.78 Å². The first kappa shape index (κ1) is 23.0. The molecule has 0 unspecified atom stereocenters. The zero-order chi connectivity index (χ0) is 23.3. The second-order valence-corrected chi connectivity index (χ2v) is 7.67. The Morgan fingerprint density at radius 1 is 0.969 bits per heavy atom. The van der Waals surface area contributed by atoms with E-state index in [0.717, 1.165) is 6.07 Å². The number of hydrogen-bond acceptors (Lipinski definition) is 4. The number of carboxylic acid groups (broad SMARTS) is 1. The second-order valence-electron chi connectivity index (χ2n) is 7.67. The quantitative estimate of drug-likeness (QED) is 0.474. The molecule has 0 aromatic heterocycles. The molecule has 32 heavy (non-hydrogen) atoms. The van der Waals surface area contributed by atoms with E-state index < -0.39 is 23.2 Å². The van der Waals surface area contributed by atoms with E-state index in [-0.39, 0.29) is 35.7 Å². The number of halogens is 2. The van der Waals surface area contributed by atoms with Crippen LogP contribution in [-0.4, -0.2) is 35.7 Å². The molecule has 0 saturated carbocycles. The molecule has 0 bridgehead atoms. The van der Waals surface area contributed by atoms with Crippen molar-refractivity contribution in [3.05, 3.63) is 71.8 Å². The lowest BCUT2D eigenvalue weighted by Gasteiger charge is -2.22. The largest absolute Gasteiger partial charge is 0.493 e. The summed E-state index contributed by atoms with van der Waals surface area (Å²) in [5, 5.41) is 12.3. The molecule has 3 aromatic carbocycles. The molecule has 3 rings (SSSR count). The number of hydrogen-bond donors (Lipinski definition) is 2. The van der Waals surface area contributed by atoms with Gasteiger partial charge in [-0.05, 0) is 44.2 Å². The summed E-state index contributed by atoms with van der Waals surface area (Å²) in [7, 11) is 0. The Morgan fingerprint density at radius 2 is 1.59 bits per heavy atom. The van der Waals surface area contributed by atoms with Gasteiger partial charge in [-0.15, -0.1) is 0 Å². The summed E-state index contributed by atoms with van der Waals surface area (Å²) in [6.07, 6.45) is 0.435. The van der Waals surface area contributed by atoms with Crippen molar-refractivity contribution in [2.45, 2.75) is 25.8 Å². The normalized spacial score (nSPS) is 11.2. The molecule has 0 heterocycles. The van der Waals surface area contributed by atoms with Gasteiger partial charge in [-0.25, -0.2) is 13.6 Å². The Morgan fingerprint density at radius 3 is 2.25 bits per heavy atom. The monoisotopic (exact) mass is 443 g/mol. The topological polar surface area (TPSA) is 84.9 Å². The minimum atomic E-state index is -1.56. The van der Waals surface area contributed by atoms with E-state index >= 15 is 0 Å². The summed E-state index contributed by atoms with van der Waals surface area (Å²) >= 11 is 0. The molecule has 1 amide bonds. The zero-order valence-electron chi connectivity index (χ0n) is 17.7. The lowest BCUT2D eigenvalue weighted by atomic mass is 10.0. The highest BCUT2D eigenvalue weighted by Gasteiger charge is 2.31. The Labute approximate surface area is 183 Å². The number of ether oxygens (including phenoxy) is 2. The minimum absolute atomic E-state index is 0.102. The number of aliphatic carboxylic acids is 1. The van der Waals surface area contributed by atoms with E-state index in [1.165, 1.54) is 38.1 Å². The third-order valence-electron chi connectivity index (χ3n) is 4.77. The smallest absolute Gasteiger partial charge is 0.328 e. The maximum Gasteiger partial charge on any atom is 0.328 e. The average molecular weight is 443 g/mol.